The molecule has 0 heterocycles. The zero-order valence-electron chi connectivity index (χ0n) is 17.9. The van der Waals surface area contributed by atoms with E-state index in [1.54, 1.807) is 25.1 Å². The van der Waals surface area contributed by atoms with E-state index in [1.807, 2.05) is 13.0 Å². The minimum Gasteiger partial charge on any atom is -0.465 e. The average molecular weight is 493 g/mol. The largest absolute Gasteiger partial charge is 0.465 e. The summed E-state index contributed by atoms with van der Waals surface area (Å²) in [5.74, 6) is -1.92. The number of halogens is 1. The van der Waals surface area contributed by atoms with Crippen LogP contribution in [0, 0.1) is 19.7 Å². The predicted octanol–water partition coefficient (Wildman–Crippen LogP) is 3.83. The van der Waals surface area contributed by atoms with Crippen LogP contribution in [0.2, 0.25) is 0 Å². The van der Waals surface area contributed by atoms with Crippen molar-refractivity contribution in [2.24, 2.45) is 0 Å². The molecule has 0 aliphatic carbocycles. The van der Waals surface area contributed by atoms with Crippen LogP contribution in [0.15, 0.2) is 70.5 Å². The molecule has 0 saturated heterocycles. The molecule has 8 nitrogen and oxygen atoms in total. The molecule has 3 aromatic carbocycles. The molecule has 0 aromatic heterocycles. The molecule has 11 heteroatoms. The van der Waals surface area contributed by atoms with E-state index in [9.17, 15) is 26.0 Å². The van der Waals surface area contributed by atoms with Gasteiger partial charge in [-0.3, -0.25) is 9.44 Å². The Kier molecular flexibility index (Phi) is 6.75. The number of sulfonamides is 2. The fraction of sp³-hybridized carbons (Fsp3) is 0.136. The van der Waals surface area contributed by atoms with Gasteiger partial charge >= 0.3 is 5.97 Å². The molecule has 174 valence electrons. The standard InChI is InChI=1S/C22H21FN2O6S2/c1-14-5-4-6-17(11-14)24-32(27,28)20-13-18(9-7-15(20)2)25-33(29,30)21-12-16(22(26)31-3)8-10-19(21)23/h4-13,24-25H,1-3H3. The van der Waals surface area contributed by atoms with Crippen LogP contribution < -0.4 is 9.44 Å². The van der Waals surface area contributed by atoms with Gasteiger partial charge in [0.1, 0.15) is 10.7 Å². The van der Waals surface area contributed by atoms with Crippen molar-refractivity contribution in [3.05, 3.63) is 83.2 Å². The van der Waals surface area contributed by atoms with Crippen LogP contribution in [-0.4, -0.2) is 29.9 Å². The second-order valence-electron chi connectivity index (χ2n) is 7.20. The third-order valence-corrected chi connectivity index (χ3v) is 7.56. The highest BCUT2D eigenvalue weighted by Crippen LogP contribution is 2.26. The normalized spacial score (nSPS) is 11.6. The van der Waals surface area contributed by atoms with Gasteiger partial charge in [0.05, 0.1) is 23.3 Å². The van der Waals surface area contributed by atoms with Crippen LogP contribution in [-0.2, 0) is 24.8 Å². The topological polar surface area (TPSA) is 119 Å². The van der Waals surface area contributed by atoms with Crippen molar-refractivity contribution in [2.75, 3.05) is 16.6 Å². The van der Waals surface area contributed by atoms with Gasteiger partial charge in [-0.05, 0) is 67.4 Å². The molecule has 0 aliphatic rings. The summed E-state index contributed by atoms with van der Waals surface area (Å²) in [6, 6.07) is 13.4. The fourth-order valence-electron chi connectivity index (χ4n) is 3.04. The lowest BCUT2D eigenvalue weighted by Crippen LogP contribution is -2.18. The molecule has 0 spiro atoms. The minimum atomic E-state index is -4.50. The maximum atomic E-state index is 14.3. The third kappa shape index (κ3) is 5.49. The van der Waals surface area contributed by atoms with Crippen molar-refractivity contribution in [3.8, 4) is 0 Å². The first-order valence-electron chi connectivity index (χ1n) is 9.54. The molecule has 0 unspecified atom stereocenters. The molecule has 33 heavy (non-hydrogen) atoms. The number of esters is 1. The van der Waals surface area contributed by atoms with E-state index >= 15 is 0 Å². The summed E-state index contributed by atoms with van der Waals surface area (Å²) in [5.41, 5.74) is 1.31. The Labute approximate surface area is 191 Å². The highest BCUT2D eigenvalue weighted by molar-refractivity contribution is 7.93. The Morgan fingerprint density at radius 2 is 1.45 bits per heavy atom. The van der Waals surface area contributed by atoms with E-state index in [2.05, 4.69) is 14.2 Å². The highest BCUT2D eigenvalue weighted by atomic mass is 32.2. The zero-order valence-corrected chi connectivity index (χ0v) is 19.6. The Bertz CT molecular complexity index is 1440. The zero-order chi connectivity index (χ0) is 24.4. The van der Waals surface area contributed by atoms with Crippen LogP contribution in [0.25, 0.3) is 0 Å². The number of carbonyl (C=O) groups is 1. The van der Waals surface area contributed by atoms with Crippen molar-refractivity contribution in [3.63, 3.8) is 0 Å². The minimum absolute atomic E-state index is 0.104. The summed E-state index contributed by atoms with van der Waals surface area (Å²) < 4.78 is 74.9. The number of carbonyl (C=O) groups excluding carboxylic acids is 1. The van der Waals surface area contributed by atoms with Crippen LogP contribution in [0.1, 0.15) is 21.5 Å². The van der Waals surface area contributed by atoms with Crippen LogP contribution in [0.3, 0.4) is 0 Å². The number of ether oxygens (including phenoxy) is 1. The van der Waals surface area contributed by atoms with Gasteiger partial charge in [0, 0.05) is 5.69 Å². The molecular weight excluding hydrogens is 471 g/mol. The van der Waals surface area contributed by atoms with E-state index in [0.717, 1.165) is 36.9 Å². The van der Waals surface area contributed by atoms with Crippen molar-refractivity contribution in [1.82, 2.24) is 0 Å². The summed E-state index contributed by atoms with van der Waals surface area (Å²) in [6.07, 6.45) is 0. The Morgan fingerprint density at radius 1 is 0.818 bits per heavy atom. The van der Waals surface area contributed by atoms with E-state index in [-0.39, 0.29) is 16.1 Å². The summed E-state index contributed by atoms with van der Waals surface area (Å²) in [6.45, 7) is 3.37. The summed E-state index contributed by atoms with van der Waals surface area (Å²) in [7, 11) is -7.44. The molecular formula is C22H21FN2O6S2. The second kappa shape index (κ2) is 9.20. The Morgan fingerprint density at radius 3 is 2.09 bits per heavy atom. The van der Waals surface area contributed by atoms with Gasteiger partial charge in [0.15, 0.2) is 0 Å². The van der Waals surface area contributed by atoms with E-state index in [4.69, 9.17) is 0 Å². The summed E-state index contributed by atoms with van der Waals surface area (Å²) in [5, 5.41) is 0. The van der Waals surface area contributed by atoms with Gasteiger partial charge in [-0.15, -0.1) is 0 Å². The molecule has 0 fully saturated rings. The average Bonchev–Trinajstić information content (AvgIpc) is 2.74. The third-order valence-electron chi connectivity index (χ3n) is 4.64. The van der Waals surface area contributed by atoms with Gasteiger partial charge in [0.2, 0.25) is 0 Å². The van der Waals surface area contributed by atoms with E-state index < -0.39 is 36.7 Å². The molecule has 3 aromatic rings. The van der Waals surface area contributed by atoms with Crippen LogP contribution in [0.5, 0.6) is 0 Å². The smallest absolute Gasteiger partial charge is 0.337 e. The quantitative estimate of drug-likeness (QED) is 0.484. The number of rotatable bonds is 7. The second-order valence-corrected chi connectivity index (χ2v) is 10.5. The summed E-state index contributed by atoms with van der Waals surface area (Å²) >= 11 is 0. The molecule has 0 radical (unpaired) electrons. The monoisotopic (exact) mass is 492 g/mol. The maximum Gasteiger partial charge on any atom is 0.337 e. The van der Waals surface area contributed by atoms with Gasteiger partial charge in [-0.25, -0.2) is 26.0 Å². The lowest BCUT2D eigenvalue weighted by Gasteiger charge is -2.14. The van der Waals surface area contributed by atoms with Gasteiger partial charge in [-0.2, -0.15) is 0 Å². The Balaban J connectivity index is 1.96. The van der Waals surface area contributed by atoms with E-state index in [0.29, 0.717) is 11.3 Å². The van der Waals surface area contributed by atoms with Crippen LogP contribution >= 0.6 is 0 Å². The highest BCUT2D eigenvalue weighted by Gasteiger charge is 2.24. The first-order valence-corrected chi connectivity index (χ1v) is 12.5. The summed E-state index contributed by atoms with van der Waals surface area (Å²) in [4.78, 5) is 10.7. The van der Waals surface area contributed by atoms with Crippen molar-refractivity contribution >= 4 is 37.4 Å². The first-order chi connectivity index (χ1) is 15.4. The molecule has 0 saturated carbocycles. The lowest BCUT2D eigenvalue weighted by atomic mass is 10.2. The van der Waals surface area contributed by atoms with Crippen LogP contribution in [0.4, 0.5) is 15.8 Å². The molecule has 3 rings (SSSR count). The van der Waals surface area contributed by atoms with Crippen molar-refractivity contribution < 1.29 is 30.8 Å². The van der Waals surface area contributed by atoms with Crippen molar-refractivity contribution in [1.29, 1.82) is 0 Å². The number of hydrogen-bond donors (Lipinski definition) is 2. The Hall–Kier alpha value is -3.44. The molecule has 0 bridgehead atoms. The maximum absolute atomic E-state index is 14.3. The molecule has 0 amide bonds. The molecule has 0 atom stereocenters. The fourth-order valence-corrected chi connectivity index (χ4v) is 5.51. The SMILES string of the molecule is COC(=O)c1ccc(F)c(S(=O)(=O)Nc2ccc(C)c(S(=O)(=O)Nc3cccc(C)c3)c2)c1. The lowest BCUT2D eigenvalue weighted by molar-refractivity contribution is 0.0600. The van der Waals surface area contributed by atoms with E-state index in [1.165, 1.54) is 12.1 Å². The number of anilines is 2. The predicted molar refractivity (Wildman–Crippen MR) is 122 cm³/mol. The van der Waals surface area contributed by atoms with Crippen molar-refractivity contribution in [2.45, 2.75) is 23.6 Å². The number of methoxy groups -OCH3 is 1. The first kappa shape index (κ1) is 24.2. The van der Waals surface area contributed by atoms with Gasteiger partial charge in [0.25, 0.3) is 20.0 Å². The molecule has 2 N–H and O–H groups in total. The molecule has 0 aliphatic heterocycles. The number of nitrogens with one attached hydrogen (secondary N) is 2. The number of benzene rings is 3. The van der Waals surface area contributed by atoms with Gasteiger partial charge < -0.3 is 4.74 Å². The number of aryl methyl sites for hydroxylation is 2. The number of hydrogen-bond acceptors (Lipinski definition) is 6. The van der Waals surface area contributed by atoms with Gasteiger partial charge in [-0.1, -0.05) is 18.2 Å².